The zero-order valence-electron chi connectivity index (χ0n) is 12.0. The van der Waals surface area contributed by atoms with Gasteiger partial charge in [0.15, 0.2) is 0 Å². The Bertz CT molecular complexity index is 604. The zero-order valence-corrected chi connectivity index (χ0v) is 12.0. The summed E-state index contributed by atoms with van der Waals surface area (Å²) in [5, 5.41) is 18.2. The summed E-state index contributed by atoms with van der Waals surface area (Å²) >= 11 is 0. The number of nitrogens with zero attached hydrogens (tertiary/aromatic N) is 3. The van der Waals surface area contributed by atoms with Gasteiger partial charge in [0.25, 0.3) is 5.91 Å². The van der Waals surface area contributed by atoms with Crippen LogP contribution in [0.4, 0.5) is 0 Å². The van der Waals surface area contributed by atoms with Gasteiger partial charge in [0.05, 0.1) is 11.0 Å². The van der Waals surface area contributed by atoms with E-state index in [1.807, 2.05) is 19.9 Å². The predicted molar refractivity (Wildman–Crippen MR) is 74.4 cm³/mol. The van der Waals surface area contributed by atoms with Gasteiger partial charge in [0, 0.05) is 19.3 Å². The van der Waals surface area contributed by atoms with Crippen molar-refractivity contribution in [1.82, 2.24) is 9.88 Å². The molecule has 1 aromatic rings. The van der Waals surface area contributed by atoms with Gasteiger partial charge in [-0.1, -0.05) is 13.8 Å². The van der Waals surface area contributed by atoms with E-state index in [4.69, 9.17) is 5.26 Å². The van der Waals surface area contributed by atoms with Crippen molar-refractivity contribution in [2.75, 3.05) is 13.1 Å². The molecule has 1 amide bonds. The molecule has 1 aliphatic rings. The second-order valence-electron chi connectivity index (χ2n) is 5.64. The van der Waals surface area contributed by atoms with Crippen LogP contribution in [0.5, 0.6) is 0 Å². The highest BCUT2D eigenvalue weighted by Gasteiger charge is 2.48. The number of likely N-dealkylation sites (tertiary alicyclic amines) is 1. The maximum Gasteiger partial charge on any atom is 0.311 e. The number of rotatable bonds is 3. The van der Waals surface area contributed by atoms with Crippen molar-refractivity contribution in [1.29, 1.82) is 5.26 Å². The van der Waals surface area contributed by atoms with E-state index < -0.39 is 11.4 Å². The lowest BCUT2D eigenvalue weighted by Crippen LogP contribution is -2.40. The van der Waals surface area contributed by atoms with Crippen LogP contribution in [0.25, 0.3) is 0 Å². The molecule has 6 nitrogen and oxygen atoms in total. The van der Waals surface area contributed by atoms with Crippen LogP contribution in [-0.2, 0) is 4.79 Å². The fourth-order valence-corrected chi connectivity index (χ4v) is 2.65. The van der Waals surface area contributed by atoms with Gasteiger partial charge < -0.3 is 10.0 Å². The van der Waals surface area contributed by atoms with Gasteiger partial charge in [-0.2, -0.15) is 5.26 Å². The van der Waals surface area contributed by atoms with Crippen molar-refractivity contribution in [2.45, 2.75) is 20.3 Å². The Balaban J connectivity index is 2.18. The summed E-state index contributed by atoms with van der Waals surface area (Å²) < 4.78 is 0. The normalized spacial score (nSPS) is 21.3. The van der Waals surface area contributed by atoms with Gasteiger partial charge in [-0.3, -0.25) is 9.59 Å². The predicted octanol–water partition coefficient (Wildman–Crippen LogP) is 1.53. The van der Waals surface area contributed by atoms with Crippen LogP contribution in [0.3, 0.4) is 0 Å². The number of carbonyl (C=O) groups is 2. The molecule has 2 rings (SSSR count). The maximum absolute atomic E-state index is 12.4. The van der Waals surface area contributed by atoms with Crippen molar-refractivity contribution in [2.24, 2.45) is 11.3 Å². The van der Waals surface area contributed by atoms with Crippen LogP contribution >= 0.6 is 0 Å². The standard InChI is InChI=1S/C15H17N3O3/c1-10(2)15(14(20)21)5-6-18(9-15)13(19)12-4-3-11(7-16)8-17-12/h3-4,8,10H,5-6,9H2,1-2H3,(H,20,21). The molecular weight excluding hydrogens is 270 g/mol. The number of hydrogen-bond acceptors (Lipinski definition) is 4. The van der Waals surface area contributed by atoms with E-state index in [0.29, 0.717) is 18.5 Å². The van der Waals surface area contributed by atoms with Crippen LogP contribution in [-0.4, -0.2) is 40.0 Å². The van der Waals surface area contributed by atoms with Gasteiger partial charge in [0.2, 0.25) is 0 Å². The molecule has 1 unspecified atom stereocenters. The van der Waals surface area contributed by atoms with E-state index in [2.05, 4.69) is 4.98 Å². The average Bonchev–Trinajstić information content (AvgIpc) is 2.93. The van der Waals surface area contributed by atoms with Gasteiger partial charge >= 0.3 is 5.97 Å². The van der Waals surface area contributed by atoms with E-state index in [-0.39, 0.29) is 24.1 Å². The number of amides is 1. The molecular formula is C15H17N3O3. The quantitative estimate of drug-likeness (QED) is 0.909. The lowest BCUT2D eigenvalue weighted by molar-refractivity contribution is -0.150. The molecule has 0 spiro atoms. The van der Waals surface area contributed by atoms with Crippen LogP contribution in [0, 0.1) is 22.7 Å². The number of aliphatic carboxylic acids is 1. The van der Waals surface area contributed by atoms with Crippen LogP contribution in [0.1, 0.15) is 36.3 Å². The minimum absolute atomic E-state index is 0.0540. The van der Waals surface area contributed by atoms with E-state index in [1.54, 1.807) is 0 Å². The number of hydrogen-bond donors (Lipinski definition) is 1. The smallest absolute Gasteiger partial charge is 0.311 e. The highest BCUT2D eigenvalue weighted by molar-refractivity contribution is 5.93. The molecule has 6 heteroatoms. The lowest BCUT2D eigenvalue weighted by atomic mass is 9.76. The summed E-state index contributed by atoms with van der Waals surface area (Å²) in [6.45, 7) is 4.33. The first-order valence-electron chi connectivity index (χ1n) is 6.79. The Morgan fingerprint density at radius 1 is 1.48 bits per heavy atom. The number of pyridine rings is 1. The highest BCUT2D eigenvalue weighted by atomic mass is 16.4. The van der Waals surface area contributed by atoms with Gasteiger partial charge in [0.1, 0.15) is 11.8 Å². The van der Waals surface area contributed by atoms with Crippen molar-refractivity contribution < 1.29 is 14.7 Å². The number of nitriles is 1. The summed E-state index contributed by atoms with van der Waals surface area (Å²) in [5.74, 6) is -1.20. The van der Waals surface area contributed by atoms with E-state index in [1.165, 1.54) is 23.2 Å². The number of carboxylic acid groups (broad SMARTS) is 1. The van der Waals surface area contributed by atoms with Gasteiger partial charge in [-0.25, -0.2) is 4.98 Å². The van der Waals surface area contributed by atoms with Crippen LogP contribution in [0.15, 0.2) is 18.3 Å². The third kappa shape index (κ3) is 2.59. The SMILES string of the molecule is CC(C)C1(C(=O)O)CCN(C(=O)c2ccc(C#N)cn2)C1. The molecule has 1 aromatic heterocycles. The molecule has 1 N–H and O–H groups in total. The summed E-state index contributed by atoms with van der Waals surface area (Å²) in [4.78, 5) is 29.4. The molecule has 110 valence electrons. The summed E-state index contributed by atoms with van der Waals surface area (Å²) in [6, 6.07) is 4.97. The molecule has 1 saturated heterocycles. The molecule has 0 aliphatic carbocycles. The third-order valence-electron chi connectivity index (χ3n) is 4.23. The first kappa shape index (κ1) is 15.0. The van der Waals surface area contributed by atoms with E-state index in [9.17, 15) is 14.7 Å². The fourth-order valence-electron chi connectivity index (χ4n) is 2.65. The Hall–Kier alpha value is -2.42. The second kappa shape index (κ2) is 5.52. The fraction of sp³-hybridized carbons (Fsp3) is 0.467. The van der Waals surface area contributed by atoms with Crippen LogP contribution in [0.2, 0.25) is 0 Å². The monoisotopic (exact) mass is 287 g/mol. The lowest BCUT2D eigenvalue weighted by Gasteiger charge is -2.28. The Morgan fingerprint density at radius 3 is 2.62 bits per heavy atom. The summed E-state index contributed by atoms with van der Waals surface area (Å²) in [5.41, 5.74) is -0.267. The largest absolute Gasteiger partial charge is 0.481 e. The Kier molecular flexibility index (Phi) is 3.94. The Labute approximate surface area is 123 Å². The average molecular weight is 287 g/mol. The van der Waals surface area contributed by atoms with E-state index in [0.717, 1.165) is 0 Å². The maximum atomic E-state index is 12.4. The summed E-state index contributed by atoms with van der Waals surface area (Å²) in [6.07, 6.45) is 1.79. The molecule has 21 heavy (non-hydrogen) atoms. The van der Waals surface area contributed by atoms with Gasteiger partial charge in [-0.15, -0.1) is 0 Å². The molecule has 1 atom stereocenters. The number of carboxylic acids is 1. The molecule has 1 aliphatic heterocycles. The zero-order chi connectivity index (χ0) is 15.6. The number of aromatic nitrogens is 1. The molecule has 0 bridgehead atoms. The summed E-state index contributed by atoms with van der Waals surface area (Å²) in [7, 11) is 0. The van der Waals surface area contributed by atoms with Crippen molar-refractivity contribution in [3.63, 3.8) is 0 Å². The van der Waals surface area contributed by atoms with Gasteiger partial charge in [-0.05, 0) is 24.5 Å². The van der Waals surface area contributed by atoms with Crippen LogP contribution < -0.4 is 0 Å². The molecule has 2 heterocycles. The minimum Gasteiger partial charge on any atom is -0.481 e. The molecule has 0 aromatic carbocycles. The molecule has 0 radical (unpaired) electrons. The van der Waals surface area contributed by atoms with E-state index >= 15 is 0 Å². The highest BCUT2D eigenvalue weighted by Crippen LogP contribution is 2.38. The second-order valence-corrected chi connectivity index (χ2v) is 5.64. The van der Waals surface area contributed by atoms with Crippen molar-refractivity contribution in [3.05, 3.63) is 29.6 Å². The minimum atomic E-state index is -0.887. The Morgan fingerprint density at radius 2 is 2.19 bits per heavy atom. The number of carbonyl (C=O) groups excluding carboxylic acids is 1. The van der Waals surface area contributed by atoms with Crippen molar-refractivity contribution in [3.8, 4) is 6.07 Å². The van der Waals surface area contributed by atoms with Crippen molar-refractivity contribution >= 4 is 11.9 Å². The third-order valence-corrected chi connectivity index (χ3v) is 4.23. The molecule has 1 fully saturated rings. The first-order valence-corrected chi connectivity index (χ1v) is 6.79. The first-order chi connectivity index (χ1) is 9.90. The molecule has 0 saturated carbocycles. The topological polar surface area (TPSA) is 94.3 Å².